The summed E-state index contributed by atoms with van der Waals surface area (Å²) in [6, 6.07) is 10.5. The van der Waals surface area contributed by atoms with Gasteiger partial charge in [-0.2, -0.15) is 0 Å². The van der Waals surface area contributed by atoms with E-state index in [2.05, 4.69) is 15.0 Å². The molecule has 0 fully saturated rings. The molecule has 0 bridgehead atoms. The van der Waals surface area contributed by atoms with Crippen molar-refractivity contribution in [2.75, 3.05) is 12.4 Å². The number of para-hydroxylation sites is 1. The summed E-state index contributed by atoms with van der Waals surface area (Å²) in [6.07, 6.45) is 4.34. The van der Waals surface area contributed by atoms with E-state index in [1.165, 1.54) is 7.11 Å². The lowest BCUT2D eigenvalue weighted by Gasteiger charge is -2.09. The highest BCUT2D eigenvalue weighted by molar-refractivity contribution is 6.01. The van der Waals surface area contributed by atoms with Crippen molar-refractivity contribution in [2.24, 2.45) is 0 Å². The molecule has 5 nitrogen and oxygen atoms in total. The third kappa shape index (κ3) is 4.14. The molecule has 108 valence electrons. The highest BCUT2D eigenvalue weighted by Crippen LogP contribution is 2.16. The molecule has 0 atom stereocenters. The van der Waals surface area contributed by atoms with Crippen LogP contribution in [0.5, 0.6) is 0 Å². The Hall–Kier alpha value is -2.69. The minimum atomic E-state index is -0.474. The third-order valence-corrected chi connectivity index (χ3v) is 2.97. The van der Waals surface area contributed by atoms with Crippen molar-refractivity contribution in [1.82, 2.24) is 4.98 Å². The lowest BCUT2D eigenvalue weighted by molar-refractivity contribution is -0.116. The van der Waals surface area contributed by atoms with Crippen molar-refractivity contribution >= 4 is 17.6 Å². The summed E-state index contributed by atoms with van der Waals surface area (Å²) in [5.74, 6) is -0.631. The van der Waals surface area contributed by atoms with E-state index in [-0.39, 0.29) is 5.91 Å². The quantitative estimate of drug-likeness (QED) is 0.856. The molecular weight excluding hydrogens is 268 g/mol. The van der Waals surface area contributed by atoms with Crippen molar-refractivity contribution in [3.63, 3.8) is 0 Å². The van der Waals surface area contributed by atoms with Gasteiger partial charge in [0.15, 0.2) is 0 Å². The number of pyridine rings is 1. The zero-order chi connectivity index (χ0) is 15.1. The summed E-state index contributed by atoms with van der Waals surface area (Å²) >= 11 is 0. The number of anilines is 1. The molecule has 0 aliphatic carbocycles. The molecule has 0 saturated heterocycles. The summed E-state index contributed by atoms with van der Waals surface area (Å²) in [6.45, 7) is 0. The van der Waals surface area contributed by atoms with Gasteiger partial charge in [-0.05, 0) is 30.2 Å². The molecule has 1 heterocycles. The van der Waals surface area contributed by atoms with E-state index < -0.39 is 5.97 Å². The van der Waals surface area contributed by atoms with Crippen molar-refractivity contribution < 1.29 is 14.3 Å². The number of hydrogen-bond donors (Lipinski definition) is 1. The first-order valence-corrected chi connectivity index (χ1v) is 6.57. The van der Waals surface area contributed by atoms with E-state index in [0.717, 1.165) is 5.56 Å². The van der Waals surface area contributed by atoms with E-state index >= 15 is 0 Å². The second kappa shape index (κ2) is 7.19. The van der Waals surface area contributed by atoms with Crippen LogP contribution in [0.4, 0.5) is 5.69 Å². The summed E-state index contributed by atoms with van der Waals surface area (Å²) in [4.78, 5) is 27.6. The first kappa shape index (κ1) is 14.7. The normalized spacial score (nSPS) is 9.95. The van der Waals surface area contributed by atoms with Crippen molar-refractivity contribution in [2.45, 2.75) is 12.8 Å². The van der Waals surface area contributed by atoms with Gasteiger partial charge in [0, 0.05) is 18.8 Å². The van der Waals surface area contributed by atoms with E-state index in [9.17, 15) is 9.59 Å². The SMILES string of the molecule is COC(=O)c1ccccc1NC(=O)CCc1cccnc1. The second-order valence-electron chi connectivity index (χ2n) is 4.45. The average molecular weight is 284 g/mol. The molecular formula is C16H16N2O3. The Balaban J connectivity index is 1.98. The maximum Gasteiger partial charge on any atom is 0.339 e. The molecule has 0 saturated carbocycles. The number of aromatic nitrogens is 1. The fraction of sp³-hybridized carbons (Fsp3) is 0.188. The Morgan fingerprint density at radius 3 is 2.71 bits per heavy atom. The fourth-order valence-electron chi connectivity index (χ4n) is 1.90. The average Bonchev–Trinajstić information content (AvgIpc) is 2.54. The molecule has 21 heavy (non-hydrogen) atoms. The molecule has 0 aliphatic heterocycles. The highest BCUT2D eigenvalue weighted by Gasteiger charge is 2.13. The molecule has 1 aromatic heterocycles. The van der Waals surface area contributed by atoms with Gasteiger partial charge in [-0.25, -0.2) is 4.79 Å². The standard InChI is InChI=1S/C16H16N2O3/c1-21-16(20)13-6-2-3-7-14(13)18-15(19)9-8-12-5-4-10-17-11-12/h2-7,10-11H,8-9H2,1H3,(H,18,19). The van der Waals surface area contributed by atoms with Gasteiger partial charge in [0.05, 0.1) is 18.4 Å². The van der Waals surface area contributed by atoms with Gasteiger partial charge in [0.25, 0.3) is 0 Å². The lowest BCUT2D eigenvalue weighted by Crippen LogP contribution is -2.15. The number of esters is 1. The summed E-state index contributed by atoms with van der Waals surface area (Å²) in [5, 5.41) is 2.74. The number of methoxy groups -OCH3 is 1. The third-order valence-electron chi connectivity index (χ3n) is 2.97. The van der Waals surface area contributed by atoms with Gasteiger partial charge >= 0.3 is 5.97 Å². The van der Waals surface area contributed by atoms with Gasteiger partial charge in [0.1, 0.15) is 0 Å². The first-order chi connectivity index (χ1) is 10.2. The molecule has 1 amide bonds. The zero-order valence-corrected chi connectivity index (χ0v) is 11.7. The van der Waals surface area contributed by atoms with Crippen LogP contribution in [-0.4, -0.2) is 24.0 Å². The predicted molar refractivity (Wildman–Crippen MR) is 79.0 cm³/mol. The van der Waals surface area contributed by atoms with Crippen molar-refractivity contribution in [3.8, 4) is 0 Å². The van der Waals surface area contributed by atoms with E-state index in [1.807, 2.05) is 12.1 Å². The Morgan fingerprint density at radius 2 is 2.00 bits per heavy atom. The topological polar surface area (TPSA) is 68.3 Å². The zero-order valence-electron chi connectivity index (χ0n) is 11.7. The molecule has 1 aromatic carbocycles. The number of rotatable bonds is 5. The van der Waals surface area contributed by atoms with E-state index in [4.69, 9.17) is 0 Å². The molecule has 0 spiro atoms. The van der Waals surface area contributed by atoms with E-state index in [1.54, 1.807) is 36.7 Å². The number of hydrogen-bond acceptors (Lipinski definition) is 4. The predicted octanol–water partition coefficient (Wildman–Crippen LogP) is 2.44. The molecule has 0 aliphatic rings. The fourth-order valence-corrected chi connectivity index (χ4v) is 1.90. The summed E-state index contributed by atoms with van der Waals surface area (Å²) in [7, 11) is 1.31. The van der Waals surface area contributed by atoms with Gasteiger partial charge in [-0.1, -0.05) is 18.2 Å². The first-order valence-electron chi connectivity index (χ1n) is 6.57. The molecule has 0 unspecified atom stereocenters. The minimum absolute atomic E-state index is 0.157. The van der Waals surface area contributed by atoms with Crippen LogP contribution < -0.4 is 5.32 Å². The minimum Gasteiger partial charge on any atom is -0.465 e. The Bertz CT molecular complexity index is 626. The Kier molecular flexibility index (Phi) is 5.04. The summed E-state index contributed by atoms with van der Waals surface area (Å²) < 4.78 is 4.69. The number of nitrogens with zero attached hydrogens (tertiary/aromatic N) is 1. The van der Waals surface area contributed by atoms with Crippen LogP contribution in [-0.2, 0) is 16.0 Å². The number of nitrogens with one attached hydrogen (secondary N) is 1. The molecule has 5 heteroatoms. The van der Waals surface area contributed by atoms with Crippen molar-refractivity contribution in [3.05, 3.63) is 59.9 Å². The Labute approximate surface area is 123 Å². The van der Waals surface area contributed by atoms with Crippen LogP contribution in [0.25, 0.3) is 0 Å². The number of carbonyl (C=O) groups excluding carboxylic acids is 2. The molecule has 1 N–H and O–H groups in total. The number of amides is 1. The maximum absolute atomic E-state index is 12.0. The highest BCUT2D eigenvalue weighted by atomic mass is 16.5. The number of ether oxygens (including phenoxy) is 1. The molecule has 2 aromatic rings. The maximum atomic E-state index is 12.0. The van der Waals surface area contributed by atoms with Gasteiger partial charge in [-0.3, -0.25) is 9.78 Å². The Morgan fingerprint density at radius 1 is 1.19 bits per heavy atom. The largest absolute Gasteiger partial charge is 0.465 e. The van der Waals surface area contributed by atoms with E-state index in [0.29, 0.717) is 24.1 Å². The van der Waals surface area contributed by atoms with Crippen LogP contribution in [0.3, 0.4) is 0 Å². The van der Waals surface area contributed by atoms with Crippen LogP contribution in [0, 0.1) is 0 Å². The van der Waals surface area contributed by atoms with Crippen LogP contribution >= 0.6 is 0 Å². The monoisotopic (exact) mass is 284 g/mol. The summed E-state index contributed by atoms with van der Waals surface area (Å²) in [5.41, 5.74) is 1.80. The van der Waals surface area contributed by atoms with Crippen LogP contribution in [0.2, 0.25) is 0 Å². The lowest BCUT2D eigenvalue weighted by atomic mass is 10.1. The number of aryl methyl sites for hydroxylation is 1. The van der Waals surface area contributed by atoms with Crippen LogP contribution in [0.1, 0.15) is 22.3 Å². The van der Waals surface area contributed by atoms with Gasteiger partial charge in [-0.15, -0.1) is 0 Å². The molecule has 0 radical (unpaired) electrons. The van der Waals surface area contributed by atoms with Crippen molar-refractivity contribution in [1.29, 1.82) is 0 Å². The smallest absolute Gasteiger partial charge is 0.339 e. The second-order valence-corrected chi connectivity index (χ2v) is 4.45. The molecule has 2 rings (SSSR count). The number of carbonyl (C=O) groups is 2. The van der Waals surface area contributed by atoms with Crippen LogP contribution in [0.15, 0.2) is 48.8 Å². The number of benzene rings is 1. The van der Waals surface area contributed by atoms with Gasteiger partial charge in [0.2, 0.25) is 5.91 Å². The van der Waals surface area contributed by atoms with Gasteiger partial charge < -0.3 is 10.1 Å².